The Morgan fingerprint density at radius 2 is 1.58 bits per heavy atom. The molecule has 0 atom stereocenters. The molecule has 0 aliphatic rings. The number of hydrogen-bond acceptors (Lipinski definition) is 3. The minimum absolute atomic E-state index is 0.0369. The van der Waals surface area contributed by atoms with Gasteiger partial charge < -0.3 is 16.0 Å². The molecule has 0 aromatic heterocycles. The van der Waals surface area contributed by atoms with Crippen LogP contribution in [0.5, 0.6) is 0 Å². The fraction of sp³-hybridized carbons (Fsp3) is 0.333. The Bertz CT molecular complexity index is 769. The van der Waals surface area contributed by atoms with Gasteiger partial charge in [0.2, 0.25) is 11.8 Å². The Hall–Kier alpha value is -2.82. The van der Waals surface area contributed by atoms with Crippen LogP contribution in [-0.2, 0) is 9.59 Å². The van der Waals surface area contributed by atoms with Crippen LogP contribution < -0.4 is 16.0 Å². The average Bonchev–Trinajstić information content (AvgIpc) is 2.60. The van der Waals surface area contributed by atoms with E-state index in [1.54, 1.807) is 0 Å². The quantitative estimate of drug-likeness (QED) is 0.688. The maximum Gasteiger partial charge on any atom is 0.243 e. The Morgan fingerprint density at radius 1 is 0.885 bits per heavy atom. The van der Waals surface area contributed by atoms with Crippen LogP contribution in [0, 0.1) is 5.92 Å². The molecule has 0 saturated carbocycles. The first-order valence-electron chi connectivity index (χ1n) is 8.90. The van der Waals surface area contributed by atoms with E-state index in [-0.39, 0.29) is 24.3 Å². The van der Waals surface area contributed by atoms with Crippen LogP contribution in [0.4, 0.5) is 17.1 Å². The van der Waals surface area contributed by atoms with Crippen molar-refractivity contribution in [1.29, 1.82) is 0 Å². The van der Waals surface area contributed by atoms with Gasteiger partial charge in [-0.3, -0.25) is 9.59 Å². The lowest BCUT2D eigenvalue weighted by Crippen LogP contribution is -2.22. The highest BCUT2D eigenvalue weighted by molar-refractivity contribution is 5.95. The van der Waals surface area contributed by atoms with Crippen molar-refractivity contribution in [1.82, 2.24) is 0 Å². The topological polar surface area (TPSA) is 70.2 Å². The zero-order chi connectivity index (χ0) is 19.1. The van der Waals surface area contributed by atoms with Gasteiger partial charge in [-0.1, -0.05) is 52.0 Å². The molecule has 5 nitrogen and oxygen atoms in total. The van der Waals surface area contributed by atoms with Gasteiger partial charge in [0.15, 0.2) is 0 Å². The van der Waals surface area contributed by atoms with E-state index in [1.165, 1.54) is 0 Å². The molecule has 2 rings (SSSR count). The van der Waals surface area contributed by atoms with Crippen molar-refractivity contribution in [3.05, 3.63) is 54.1 Å². The molecule has 0 aliphatic carbocycles. The summed E-state index contributed by atoms with van der Waals surface area (Å²) in [5, 5.41) is 8.90. The largest absolute Gasteiger partial charge is 0.376 e. The molecule has 26 heavy (non-hydrogen) atoms. The number of benzene rings is 2. The van der Waals surface area contributed by atoms with Gasteiger partial charge in [0.25, 0.3) is 0 Å². The van der Waals surface area contributed by atoms with Gasteiger partial charge in [0.05, 0.1) is 6.54 Å². The molecule has 5 heteroatoms. The van der Waals surface area contributed by atoms with Crippen molar-refractivity contribution in [2.75, 3.05) is 22.5 Å². The summed E-state index contributed by atoms with van der Waals surface area (Å²) in [5.41, 5.74) is 3.43. The van der Waals surface area contributed by atoms with E-state index >= 15 is 0 Å². The Kier molecular flexibility index (Phi) is 6.78. The lowest BCUT2D eigenvalue weighted by molar-refractivity contribution is -0.119. The molecule has 0 saturated heterocycles. The number of rotatable bonds is 7. The van der Waals surface area contributed by atoms with Gasteiger partial charge in [-0.05, 0) is 35.7 Å². The number of nitrogens with one attached hydrogen (secondary N) is 3. The summed E-state index contributed by atoms with van der Waals surface area (Å²) in [6.07, 6.45) is 0. The normalized spacial score (nSPS) is 10.7. The first-order valence-corrected chi connectivity index (χ1v) is 8.90. The fourth-order valence-electron chi connectivity index (χ4n) is 2.48. The second kappa shape index (κ2) is 9.04. The summed E-state index contributed by atoms with van der Waals surface area (Å²) in [5.74, 6) is 0.0963. The van der Waals surface area contributed by atoms with Gasteiger partial charge in [0.1, 0.15) is 0 Å². The van der Waals surface area contributed by atoms with E-state index in [9.17, 15) is 9.59 Å². The summed E-state index contributed by atoms with van der Waals surface area (Å²) in [6.45, 7) is 8.03. The Morgan fingerprint density at radius 3 is 2.27 bits per heavy atom. The summed E-state index contributed by atoms with van der Waals surface area (Å²) >= 11 is 0. The maximum absolute atomic E-state index is 12.3. The molecule has 138 valence electrons. The summed E-state index contributed by atoms with van der Waals surface area (Å²) in [7, 11) is 0. The molecule has 0 heterocycles. The van der Waals surface area contributed by atoms with E-state index in [4.69, 9.17) is 0 Å². The fourth-order valence-corrected chi connectivity index (χ4v) is 2.48. The van der Waals surface area contributed by atoms with Crippen molar-refractivity contribution < 1.29 is 9.59 Å². The van der Waals surface area contributed by atoms with E-state index < -0.39 is 0 Å². The molecule has 0 spiro atoms. The molecule has 0 radical (unpaired) electrons. The predicted molar refractivity (Wildman–Crippen MR) is 108 cm³/mol. The van der Waals surface area contributed by atoms with Crippen molar-refractivity contribution in [2.45, 2.75) is 33.6 Å². The lowest BCUT2D eigenvalue weighted by atomic mass is 10.0. The third kappa shape index (κ3) is 5.62. The highest BCUT2D eigenvalue weighted by atomic mass is 16.2. The van der Waals surface area contributed by atoms with Gasteiger partial charge in [0, 0.05) is 23.0 Å². The second-order valence-corrected chi connectivity index (χ2v) is 6.87. The third-order valence-corrected chi connectivity index (χ3v) is 3.96. The SMILES string of the molecule is CC(C)C(=O)Nc1cccc(NCC(=O)Nc2ccccc2C(C)C)c1. The first-order chi connectivity index (χ1) is 12.4. The molecule has 2 aromatic carbocycles. The third-order valence-electron chi connectivity index (χ3n) is 3.96. The molecule has 0 aliphatic heterocycles. The van der Waals surface area contributed by atoms with Crippen LogP contribution in [0.3, 0.4) is 0 Å². The molecule has 3 N–H and O–H groups in total. The molecule has 2 aromatic rings. The van der Waals surface area contributed by atoms with Gasteiger partial charge >= 0.3 is 0 Å². The molecule has 0 bridgehead atoms. The maximum atomic E-state index is 12.3. The van der Waals surface area contributed by atoms with Crippen molar-refractivity contribution >= 4 is 28.9 Å². The highest BCUT2D eigenvalue weighted by Gasteiger charge is 2.10. The van der Waals surface area contributed by atoms with Crippen LogP contribution in [0.15, 0.2) is 48.5 Å². The molecule has 0 unspecified atom stereocenters. The highest BCUT2D eigenvalue weighted by Crippen LogP contribution is 2.23. The zero-order valence-electron chi connectivity index (χ0n) is 15.8. The van der Waals surface area contributed by atoms with Crippen LogP contribution in [0.1, 0.15) is 39.2 Å². The molecular weight excluding hydrogens is 326 g/mol. The smallest absolute Gasteiger partial charge is 0.243 e. The molecule has 2 amide bonds. The van der Waals surface area contributed by atoms with Crippen molar-refractivity contribution in [2.24, 2.45) is 5.92 Å². The predicted octanol–water partition coefficient (Wildman–Crippen LogP) is 4.46. The van der Waals surface area contributed by atoms with E-state index in [0.717, 1.165) is 16.9 Å². The lowest BCUT2D eigenvalue weighted by Gasteiger charge is -2.14. The zero-order valence-corrected chi connectivity index (χ0v) is 15.8. The first kappa shape index (κ1) is 19.5. The minimum Gasteiger partial charge on any atom is -0.376 e. The summed E-state index contributed by atoms with van der Waals surface area (Å²) < 4.78 is 0. The van der Waals surface area contributed by atoms with E-state index in [0.29, 0.717) is 11.6 Å². The summed E-state index contributed by atoms with van der Waals surface area (Å²) in [6, 6.07) is 15.2. The Balaban J connectivity index is 1.95. The van der Waals surface area contributed by atoms with Gasteiger partial charge in [-0.25, -0.2) is 0 Å². The number of amides is 2. The van der Waals surface area contributed by atoms with Crippen LogP contribution >= 0.6 is 0 Å². The van der Waals surface area contributed by atoms with Crippen molar-refractivity contribution in [3.63, 3.8) is 0 Å². The second-order valence-electron chi connectivity index (χ2n) is 6.87. The number of carbonyl (C=O) groups excluding carboxylic acids is 2. The van der Waals surface area contributed by atoms with Crippen LogP contribution in [0.2, 0.25) is 0 Å². The number of carbonyl (C=O) groups is 2. The standard InChI is InChI=1S/C21H27N3O2/c1-14(2)18-10-5-6-11-19(18)24-20(25)13-22-16-8-7-9-17(12-16)23-21(26)15(3)4/h5-12,14-15,22H,13H2,1-4H3,(H,23,26)(H,24,25). The number of anilines is 3. The van der Waals surface area contributed by atoms with Crippen LogP contribution in [0.25, 0.3) is 0 Å². The van der Waals surface area contributed by atoms with E-state index in [1.807, 2.05) is 62.4 Å². The molecule has 0 fully saturated rings. The van der Waals surface area contributed by atoms with E-state index in [2.05, 4.69) is 29.8 Å². The average molecular weight is 353 g/mol. The number of para-hydroxylation sites is 1. The van der Waals surface area contributed by atoms with Crippen LogP contribution in [-0.4, -0.2) is 18.4 Å². The monoisotopic (exact) mass is 353 g/mol. The summed E-state index contributed by atoms with van der Waals surface area (Å²) in [4.78, 5) is 24.1. The van der Waals surface area contributed by atoms with Crippen molar-refractivity contribution in [3.8, 4) is 0 Å². The minimum atomic E-state index is -0.116. The van der Waals surface area contributed by atoms with Gasteiger partial charge in [-0.15, -0.1) is 0 Å². The Labute approximate surface area is 155 Å². The van der Waals surface area contributed by atoms with Gasteiger partial charge in [-0.2, -0.15) is 0 Å². The number of hydrogen-bond donors (Lipinski definition) is 3. The molecular formula is C21H27N3O2.